The molecule has 0 aromatic heterocycles. The molecule has 0 nitrogen and oxygen atoms in total. The maximum atomic E-state index is 15.1. The Kier molecular flexibility index (Phi) is 7.14. The molecule has 168 valence electrons. The van der Waals surface area contributed by atoms with Gasteiger partial charge in [-0.2, -0.15) is 0 Å². The van der Waals surface area contributed by atoms with Gasteiger partial charge in [-0.3, -0.25) is 0 Å². The van der Waals surface area contributed by atoms with Gasteiger partial charge in [0.1, 0.15) is 0 Å². The minimum atomic E-state index is -0.666. The van der Waals surface area contributed by atoms with Crippen molar-refractivity contribution in [1.29, 1.82) is 0 Å². The van der Waals surface area contributed by atoms with E-state index >= 15 is 4.39 Å². The van der Waals surface area contributed by atoms with E-state index in [-0.39, 0.29) is 5.92 Å². The van der Waals surface area contributed by atoms with Gasteiger partial charge in [0, 0.05) is 5.39 Å². The Bertz CT molecular complexity index is 912. The number of hydrogen-bond acceptors (Lipinski definition) is 0. The first kappa shape index (κ1) is 22.5. The standard InChI is InChI=1S/C29H38F2/c1-4-6-21-8-10-23(11-9-21)24-15-13-22(14-16-24)19(3)26-18-25-12-7-20(5-2)17-27(25)29(31)28(26)30/h4,6-7,12,17-19,21-24H,5,8-11,13-16H2,1-3H3/b6-4+. The van der Waals surface area contributed by atoms with Crippen LogP contribution in [0.3, 0.4) is 0 Å². The van der Waals surface area contributed by atoms with Gasteiger partial charge in [-0.05, 0) is 123 Å². The molecule has 2 aromatic rings. The van der Waals surface area contributed by atoms with E-state index < -0.39 is 11.6 Å². The van der Waals surface area contributed by atoms with Crippen LogP contribution in [-0.2, 0) is 6.42 Å². The van der Waals surface area contributed by atoms with Crippen molar-refractivity contribution in [2.75, 3.05) is 0 Å². The van der Waals surface area contributed by atoms with Crippen molar-refractivity contribution >= 4 is 10.8 Å². The zero-order valence-corrected chi connectivity index (χ0v) is 19.5. The largest absolute Gasteiger partial charge is 0.203 e. The summed E-state index contributed by atoms with van der Waals surface area (Å²) in [6, 6.07) is 7.70. The van der Waals surface area contributed by atoms with Crippen LogP contribution in [0.1, 0.15) is 89.2 Å². The van der Waals surface area contributed by atoms with Crippen LogP contribution in [0.4, 0.5) is 8.78 Å². The topological polar surface area (TPSA) is 0 Å². The predicted octanol–water partition coefficient (Wildman–Crippen LogP) is 8.97. The average molecular weight is 425 g/mol. The number of fused-ring (bicyclic) bond motifs is 1. The number of rotatable bonds is 5. The van der Waals surface area contributed by atoms with Crippen LogP contribution >= 0.6 is 0 Å². The number of hydrogen-bond donors (Lipinski definition) is 0. The highest BCUT2D eigenvalue weighted by molar-refractivity contribution is 5.85. The first-order valence-electron chi connectivity index (χ1n) is 12.5. The summed E-state index contributed by atoms with van der Waals surface area (Å²) >= 11 is 0. The highest BCUT2D eigenvalue weighted by Crippen LogP contribution is 2.45. The van der Waals surface area contributed by atoms with Crippen LogP contribution in [0.25, 0.3) is 10.8 Å². The molecule has 1 atom stereocenters. The molecular weight excluding hydrogens is 386 g/mol. The molecule has 0 N–H and O–H groups in total. The Balaban J connectivity index is 1.42. The van der Waals surface area contributed by atoms with Crippen LogP contribution in [0.15, 0.2) is 36.4 Å². The van der Waals surface area contributed by atoms with Gasteiger partial charge in [0.05, 0.1) is 0 Å². The van der Waals surface area contributed by atoms with Gasteiger partial charge in [0.2, 0.25) is 0 Å². The Labute approximate surface area is 187 Å². The predicted molar refractivity (Wildman–Crippen MR) is 127 cm³/mol. The summed E-state index contributed by atoms with van der Waals surface area (Å²) in [5.41, 5.74) is 1.62. The van der Waals surface area contributed by atoms with Crippen LogP contribution in [0.2, 0.25) is 0 Å². The first-order chi connectivity index (χ1) is 15.0. The SMILES string of the molecule is C/C=C/C1CCC(C2CCC(C(C)c3cc4ccc(CC)cc4c(F)c3F)CC2)CC1. The van der Waals surface area contributed by atoms with E-state index in [0.717, 1.165) is 48.0 Å². The van der Waals surface area contributed by atoms with Crippen molar-refractivity contribution in [2.24, 2.45) is 23.7 Å². The molecule has 31 heavy (non-hydrogen) atoms. The Morgan fingerprint density at radius 3 is 2.16 bits per heavy atom. The molecule has 2 aliphatic rings. The molecule has 0 heterocycles. The summed E-state index contributed by atoms with van der Waals surface area (Å²) in [6.45, 7) is 6.27. The highest BCUT2D eigenvalue weighted by atomic mass is 19.2. The molecule has 2 aliphatic carbocycles. The molecule has 0 aliphatic heterocycles. The molecule has 2 fully saturated rings. The molecule has 4 rings (SSSR count). The second kappa shape index (κ2) is 9.84. The Morgan fingerprint density at radius 1 is 0.903 bits per heavy atom. The average Bonchev–Trinajstić information content (AvgIpc) is 2.81. The monoisotopic (exact) mass is 424 g/mol. The van der Waals surface area contributed by atoms with Crippen molar-refractivity contribution in [2.45, 2.75) is 84.5 Å². The Hall–Kier alpha value is -1.70. The third kappa shape index (κ3) is 4.73. The summed E-state index contributed by atoms with van der Waals surface area (Å²) in [5.74, 6) is 1.73. The van der Waals surface area contributed by atoms with Crippen molar-refractivity contribution in [1.82, 2.24) is 0 Å². The molecule has 0 radical (unpaired) electrons. The van der Waals surface area contributed by atoms with Gasteiger partial charge in [-0.1, -0.05) is 38.1 Å². The third-order valence-electron chi connectivity index (χ3n) is 8.48. The highest BCUT2D eigenvalue weighted by Gasteiger charge is 2.33. The first-order valence-corrected chi connectivity index (χ1v) is 12.5. The van der Waals surface area contributed by atoms with E-state index in [1.807, 2.05) is 25.1 Å². The summed E-state index contributed by atoms with van der Waals surface area (Å²) < 4.78 is 30.0. The van der Waals surface area contributed by atoms with Crippen LogP contribution in [0.5, 0.6) is 0 Å². The van der Waals surface area contributed by atoms with E-state index in [1.54, 1.807) is 6.07 Å². The molecule has 0 amide bonds. The second-order valence-electron chi connectivity index (χ2n) is 10.2. The molecule has 2 saturated carbocycles. The van der Waals surface area contributed by atoms with Crippen molar-refractivity contribution in [3.63, 3.8) is 0 Å². The van der Waals surface area contributed by atoms with E-state index in [9.17, 15) is 4.39 Å². The number of halogens is 2. The molecular formula is C29H38F2. The lowest BCUT2D eigenvalue weighted by Crippen LogP contribution is -2.27. The van der Waals surface area contributed by atoms with E-state index in [0.29, 0.717) is 16.9 Å². The van der Waals surface area contributed by atoms with E-state index in [4.69, 9.17) is 0 Å². The van der Waals surface area contributed by atoms with Crippen molar-refractivity contribution in [3.8, 4) is 0 Å². The zero-order chi connectivity index (χ0) is 22.0. The van der Waals surface area contributed by atoms with Gasteiger partial charge in [0.15, 0.2) is 11.6 Å². The summed E-state index contributed by atoms with van der Waals surface area (Å²) in [5, 5.41) is 1.24. The van der Waals surface area contributed by atoms with Crippen molar-refractivity contribution in [3.05, 3.63) is 59.2 Å². The second-order valence-corrected chi connectivity index (χ2v) is 10.2. The number of benzene rings is 2. The van der Waals surface area contributed by atoms with Gasteiger partial charge < -0.3 is 0 Å². The lowest BCUT2D eigenvalue weighted by molar-refractivity contribution is 0.147. The van der Waals surface area contributed by atoms with Gasteiger partial charge >= 0.3 is 0 Å². The smallest absolute Gasteiger partial charge is 0.166 e. The molecule has 0 saturated heterocycles. The van der Waals surface area contributed by atoms with Gasteiger partial charge in [-0.25, -0.2) is 8.78 Å². The molecule has 0 spiro atoms. The zero-order valence-electron chi connectivity index (χ0n) is 19.5. The van der Waals surface area contributed by atoms with Crippen LogP contribution < -0.4 is 0 Å². The maximum Gasteiger partial charge on any atom is 0.166 e. The maximum absolute atomic E-state index is 15.1. The molecule has 2 aromatic carbocycles. The minimum absolute atomic E-state index is 0.0659. The van der Waals surface area contributed by atoms with E-state index in [2.05, 4.69) is 26.0 Å². The molecule has 1 unspecified atom stereocenters. The minimum Gasteiger partial charge on any atom is -0.203 e. The number of allylic oxidation sites excluding steroid dienone is 2. The van der Waals surface area contributed by atoms with Gasteiger partial charge in [-0.15, -0.1) is 0 Å². The van der Waals surface area contributed by atoms with Crippen molar-refractivity contribution < 1.29 is 8.78 Å². The fourth-order valence-corrected chi connectivity index (χ4v) is 6.40. The number of aryl methyl sites for hydroxylation is 1. The molecule has 2 heteroatoms. The normalized spacial score (nSPS) is 28.3. The fraction of sp³-hybridized carbons (Fsp3) is 0.586. The van der Waals surface area contributed by atoms with E-state index in [1.165, 1.54) is 38.5 Å². The Morgan fingerprint density at radius 2 is 1.55 bits per heavy atom. The quantitative estimate of drug-likeness (QED) is 0.420. The summed E-state index contributed by atoms with van der Waals surface area (Å²) in [4.78, 5) is 0. The summed E-state index contributed by atoms with van der Waals surface area (Å²) in [7, 11) is 0. The lowest BCUT2D eigenvalue weighted by atomic mass is 9.67. The third-order valence-corrected chi connectivity index (χ3v) is 8.48. The lowest BCUT2D eigenvalue weighted by Gasteiger charge is -2.39. The van der Waals surface area contributed by atoms with Crippen LogP contribution in [-0.4, -0.2) is 0 Å². The molecule has 0 bridgehead atoms. The summed E-state index contributed by atoms with van der Waals surface area (Å²) in [6.07, 6.45) is 15.6. The van der Waals surface area contributed by atoms with Gasteiger partial charge in [0.25, 0.3) is 0 Å². The van der Waals surface area contributed by atoms with Crippen LogP contribution in [0, 0.1) is 35.3 Å². The fourth-order valence-electron chi connectivity index (χ4n) is 6.40.